The Morgan fingerprint density at radius 3 is 2.71 bits per heavy atom. The lowest BCUT2D eigenvalue weighted by atomic mass is 10.1. The third-order valence-corrected chi connectivity index (χ3v) is 3.68. The van der Waals surface area contributed by atoms with Crippen molar-refractivity contribution in [3.63, 3.8) is 0 Å². The van der Waals surface area contributed by atoms with Crippen LogP contribution in [0, 0.1) is 0 Å². The van der Waals surface area contributed by atoms with Crippen LogP contribution in [0.2, 0.25) is 0 Å². The molecule has 17 heavy (non-hydrogen) atoms. The molecule has 0 aliphatic heterocycles. The highest BCUT2D eigenvalue weighted by Gasteiger charge is 2.08. The Hall–Kier alpha value is -0.520. The lowest BCUT2D eigenvalue weighted by Crippen LogP contribution is -2.28. The molecule has 0 aromatic heterocycles. The quantitative estimate of drug-likeness (QED) is 0.792. The van der Waals surface area contributed by atoms with Crippen molar-refractivity contribution >= 4 is 33.6 Å². The minimum absolute atomic E-state index is 0.00105. The summed E-state index contributed by atoms with van der Waals surface area (Å²) in [6.45, 7) is 2.07. The van der Waals surface area contributed by atoms with Gasteiger partial charge in [-0.3, -0.25) is 4.79 Å². The largest absolute Gasteiger partial charge is 0.396 e. The van der Waals surface area contributed by atoms with Gasteiger partial charge in [-0.2, -0.15) is 0 Å². The summed E-state index contributed by atoms with van der Waals surface area (Å²) in [7, 11) is 0. The number of halogens is 1. The van der Waals surface area contributed by atoms with Crippen LogP contribution in [-0.4, -0.2) is 29.1 Å². The summed E-state index contributed by atoms with van der Waals surface area (Å²) >= 11 is 4.80. The van der Waals surface area contributed by atoms with E-state index < -0.39 is 0 Å². The van der Waals surface area contributed by atoms with Gasteiger partial charge in [-0.15, -0.1) is 11.8 Å². The van der Waals surface area contributed by atoms with Gasteiger partial charge in [-0.25, -0.2) is 0 Å². The van der Waals surface area contributed by atoms with E-state index in [0.29, 0.717) is 11.5 Å². The summed E-state index contributed by atoms with van der Waals surface area (Å²) in [6.07, 6.45) is 0. The number of carbonyl (C=O) groups excluding carboxylic acids is 1. The molecule has 0 saturated carbocycles. The van der Waals surface area contributed by atoms with E-state index in [1.165, 1.54) is 11.8 Å². The van der Waals surface area contributed by atoms with Crippen LogP contribution >= 0.6 is 27.7 Å². The fourth-order valence-electron chi connectivity index (χ4n) is 1.35. The summed E-state index contributed by atoms with van der Waals surface area (Å²) in [6, 6.07) is 7.88. The summed E-state index contributed by atoms with van der Waals surface area (Å²) in [5, 5.41) is 11.5. The normalized spacial score (nSPS) is 12.2. The monoisotopic (exact) mass is 317 g/mol. The molecule has 3 nitrogen and oxygen atoms in total. The molecule has 0 unspecified atom stereocenters. The van der Waals surface area contributed by atoms with Crippen molar-refractivity contribution in [1.82, 2.24) is 5.32 Å². The molecule has 0 aliphatic rings. The number of amides is 1. The first-order chi connectivity index (χ1) is 8.13. The smallest absolute Gasteiger partial charge is 0.230 e. The van der Waals surface area contributed by atoms with Gasteiger partial charge >= 0.3 is 0 Å². The minimum atomic E-state index is -0.00105. The van der Waals surface area contributed by atoms with Crippen molar-refractivity contribution in [3.8, 4) is 0 Å². The molecule has 0 bridgehead atoms. The number of carbonyl (C=O) groups is 1. The second-order valence-corrected chi connectivity index (χ2v) is 5.64. The van der Waals surface area contributed by atoms with Crippen molar-refractivity contribution in [1.29, 1.82) is 0 Å². The van der Waals surface area contributed by atoms with Gasteiger partial charge in [-0.1, -0.05) is 28.1 Å². The highest BCUT2D eigenvalue weighted by molar-refractivity contribution is 9.10. The number of nitrogens with one attached hydrogen (secondary N) is 1. The van der Waals surface area contributed by atoms with Gasteiger partial charge < -0.3 is 10.4 Å². The number of thioether (sulfide) groups is 1. The van der Waals surface area contributed by atoms with Crippen molar-refractivity contribution in [2.24, 2.45) is 0 Å². The third-order valence-electron chi connectivity index (χ3n) is 2.22. The second kappa shape index (κ2) is 7.74. The first-order valence-electron chi connectivity index (χ1n) is 5.37. The molecule has 0 spiro atoms. The zero-order chi connectivity index (χ0) is 12.7. The number of hydrogen-bond donors (Lipinski definition) is 2. The second-order valence-electron chi connectivity index (χ2n) is 3.62. The maximum atomic E-state index is 11.5. The molecule has 1 amide bonds. The molecule has 5 heteroatoms. The van der Waals surface area contributed by atoms with Crippen molar-refractivity contribution in [2.45, 2.75) is 13.0 Å². The van der Waals surface area contributed by atoms with E-state index in [1.807, 2.05) is 31.2 Å². The molecule has 0 aliphatic carbocycles. The van der Waals surface area contributed by atoms with Gasteiger partial charge in [-0.05, 0) is 24.6 Å². The van der Waals surface area contributed by atoms with Crippen LogP contribution in [0.5, 0.6) is 0 Å². The van der Waals surface area contributed by atoms with Crippen LogP contribution < -0.4 is 5.32 Å². The number of benzene rings is 1. The van der Waals surface area contributed by atoms with Gasteiger partial charge in [0.05, 0.1) is 18.4 Å². The third kappa shape index (κ3) is 5.57. The molecule has 1 rings (SSSR count). The standard InChI is InChI=1S/C12H16BrNO2S/c1-9(10-2-4-11(13)5-3-10)14-12(16)8-17-7-6-15/h2-5,9,15H,6-8H2,1H3,(H,14,16)/t9-/m0/s1. The summed E-state index contributed by atoms with van der Waals surface area (Å²) in [5.41, 5.74) is 1.08. The van der Waals surface area contributed by atoms with E-state index in [4.69, 9.17) is 5.11 Å². The van der Waals surface area contributed by atoms with E-state index in [2.05, 4.69) is 21.2 Å². The predicted octanol–water partition coefficient (Wildman–Crippen LogP) is 2.35. The summed E-state index contributed by atoms with van der Waals surface area (Å²) in [5.74, 6) is 0.987. The van der Waals surface area contributed by atoms with Gasteiger partial charge in [0, 0.05) is 10.2 Å². The first-order valence-corrected chi connectivity index (χ1v) is 7.31. The van der Waals surface area contributed by atoms with Crippen LogP contribution in [-0.2, 0) is 4.79 Å². The van der Waals surface area contributed by atoms with E-state index >= 15 is 0 Å². The zero-order valence-corrected chi connectivity index (χ0v) is 12.1. The first kappa shape index (κ1) is 14.5. The molecule has 94 valence electrons. The SMILES string of the molecule is C[C@H](NC(=O)CSCCO)c1ccc(Br)cc1. The Morgan fingerprint density at radius 2 is 2.12 bits per heavy atom. The topological polar surface area (TPSA) is 49.3 Å². The molecule has 0 radical (unpaired) electrons. The minimum Gasteiger partial charge on any atom is -0.396 e. The maximum absolute atomic E-state index is 11.5. The van der Waals surface area contributed by atoms with Gasteiger partial charge in [0.25, 0.3) is 0 Å². The van der Waals surface area contributed by atoms with Gasteiger partial charge in [0.15, 0.2) is 0 Å². The average molecular weight is 318 g/mol. The number of hydrogen-bond acceptors (Lipinski definition) is 3. The number of aliphatic hydroxyl groups is 1. The Morgan fingerprint density at radius 1 is 1.47 bits per heavy atom. The molecule has 0 fully saturated rings. The van der Waals surface area contributed by atoms with Crippen LogP contribution in [0.4, 0.5) is 0 Å². The van der Waals surface area contributed by atoms with E-state index in [1.54, 1.807) is 0 Å². The van der Waals surface area contributed by atoms with Crippen LogP contribution in [0.15, 0.2) is 28.7 Å². The summed E-state index contributed by atoms with van der Waals surface area (Å²) < 4.78 is 1.03. The molecule has 0 heterocycles. The number of aliphatic hydroxyl groups excluding tert-OH is 1. The average Bonchev–Trinajstić information content (AvgIpc) is 2.30. The van der Waals surface area contributed by atoms with E-state index in [9.17, 15) is 4.79 Å². The Labute approximate surface area is 114 Å². The van der Waals surface area contributed by atoms with Crippen LogP contribution in [0.1, 0.15) is 18.5 Å². The van der Waals surface area contributed by atoms with Crippen molar-refractivity contribution < 1.29 is 9.90 Å². The highest BCUT2D eigenvalue weighted by atomic mass is 79.9. The molecular weight excluding hydrogens is 302 g/mol. The molecular formula is C12H16BrNO2S. The fourth-order valence-corrected chi connectivity index (χ4v) is 2.15. The van der Waals surface area contributed by atoms with Crippen LogP contribution in [0.3, 0.4) is 0 Å². The maximum Gasteiger partial charge on any atom is 0.230 e. The Bertz CT molecular complexity index is 356. The van der Waals surface area contributed by atoms with E-state index in [0.717, 1.165) is 10.0 Å². The fraction of sp³-hybridized carbons (Fsp3) is 0.417. The molecule has 2 N–H and O–H groups in total. The molecule has 1 aromatic carbocycles. The summed E-state index contributed by atoms with van der Waals surface area (Å²) in [4.78, 5) is 11.5. The molecule has 0 saturated heterocycles. The van der Waals surface area contributed by atoms with Crippen molar-refractivity contribution in [3.05, 3.63) is 34.3 Å². The van der Waals surface area contributed by atoms with Gasteiger partial charge in [0.2, 0.25) is 5.91 Å². The molecule has 1 aromatic rings. The Kier molecular flexibility index (Phi) is 6.62. The number of rotatable bonds is 6. The van der Waals surface area contributed by atoms with Crippen molar-refractivity contribution in [2.75, 3.05) is 18.1 Å². The zero-order valence-electron chi connectivity index (χ0n) is 9.65. The van der Waals surface area contributed by atoms with E-state index in [-0.39, 0.29) is 18.6 Å². The molecule has 1 atom stereocenters. The highest BCUT2D eigenvalue weighted by Crippen LogP contribution is 2.16. The lowest BCUT2D eigenvalue weighted by Gasteiger charge is -2.14. The Balaban J connectivity index is 2.40. The van der Waals surface area contributed by atoms with Gasteiger partial charge in [0.1, 0.15) is 0 Å². The van der Waals surface area contributed by atoms with Crippen LogP contribution in [0.25, 0.3) is 0 Å². The lowest BCUT2D eigenvalue weighted by molar-refractivity contribution is -0.119. The predicted molar refractivity (Wildman–Crippen MR) is 75.1 cm³/mol.